The van der Waals surface area contributed by atoms with Crippen LogP contribution in [0.5, 0.6) is 0 Å². The fraction of sp³-hybridized carbons (Fsp3) is 0.0500. The van der Waals surface area contributed by atoms with Crippen molar-refractivity contribution in [3.05, 3.63) is 187 Å². The fourth-order valence-electron chi connectivity index (χ4n) is 6.45. The molecule has 1 N–H and O–H groups in total. The Balaban J connectivity index is 1.32. The first-order valence-corrected chi connectivity index (χ1v) is 14.2. The number of nitrogens with one attached hydrogen (secondary N) is 1. The lowest BCUT2D eigenvalue weighted by Gasteiger charge is -2.31. The number of hydrogen-bond donors (Lipinski definition) is 1. The molecule has 196 valence electrons. The third-order valence-corrected chi connectivity index (χ3v) is 8.36. The van der Waals surface area contributed by atoms with Crippen molar-refractivity contribution in [1.82, 2.24) is 0 Å². The molecule has 0 heterocycles. The van der Waals surface area contributed by atoms with Crippen LogP contribution in [-0.2, 0) is 0 Å². The minimum atomic E-state index is 0.360. The summed E-state index contributed by atoms with van der Waals surface area (Å²) in [6, 6.07) is 36.9. The summed E-state index contributed by atoms with van der Waals surface area (Å²) in [6.07, 6.45) is 15.2. The van der Waals surface area contributed by atoms with Gasteiger partial charge < -0.3 is 5.32 Å². The van der Waals surface area contributed by atoms with Gasteiger partial charge in [0.05, 0.1) is 0 Å². The second-order valence-corrected chi connectivity index (χ2v) is 10.7. The lowest BCUT2D eigenvalue weighted by atomic mass is 9.73. The standard InChI is InChI=1S/C40H31N/c1-3-31(39-26-29-15-6-8-19-33(29)35-21-10-12-23-37(35)39)40(4-2)41-30-17-13-16-27(24-30)38-25-28-14-5-7-18-32(28)34-20-9-11-22-36(34)38/h3-26,28,32,41H,1-2H2/b40-31-. The molecule has 7 rings (SSSR count). The van der Waals surface area contributed by atoms with Crippen LogP contribution < -0.4 is 5.32 Å². The SMILES string of the molecule is C=C/C(Nc1cccc(C2=CC3C=CC=CC3c3ccccc32)c1)=C(\C=C)c1cc2ccccc2c2ccccc12. The lowest BCUT2D eigenvalue weighted by molar-refractivity contribution is 0.689. The highest BCUT2D eigenvalue weighted by Crippen LogP contribution is 2.44. The zero-order chi connectivity index (χ0) is 27.8. The van der Waals surface area contributed by atoms with Gasteiger partial charge >= 0.3 is 0 Å². The maximum absolute atomic E-state index is 4.22. The van der Waals surface area contributed by atoms with Crippen LogP contribution >= 0.6 is 0 Å². The molecule has 41 heavy (non-hydrogen) atoms. The van der Waals surface area contributed by atoms with Crippen molar-refractivity contribution < 1.29 is 0 Å². The molecule has 1 nitrogen and oxygen atoms in total. The minimum Gasteiger partial charge on any atom is -0.355 e. The molecule has 0 saturated heterocycles. The summed E-state index contributed by atoms with van der Waals surface area (Å²) in [6.45, 7) is 8.41. The van der Waals surface area contributed by atoms with E-state index < -0.39 is 0 Å². The number of rotatable bonds is 6. The summed E-state index contributed by atoms with van der Waals surface area (Å²) >= 11 is 0. The Hall–Kier alpha value is -5.14. The van der Waals surface area contributed by atoms with Crippen LogP contribution in [0.3, 0.4) is 0 Å². The molecule has 2 aliphatic carbocycles. The van der Waals surface area contributed by atoms with Crippen molar-refractivity contribution in [1.29, 1.82) is 0 Å². The van der Waals surface area contributed by atoms with E-state index in [4.69, 9.17) is 0 Å². The Morgan fingerprint density at radius 3 is 2.29 bits per heavy atom. The fourth-order valence-corrected chi connectivity index (χ4v) is 6.45. The van der Waals surface area contributed by atoms with Gasteiger partial charge in [-0.05, 0) is 73.6 Å². The third kappa shape index (κ3) is 4.37. The zero-order valence-electron chi connectivity index (χ0n) is 22.9. The molecule has 0 bridgehead atoms. The van der Waals surface area contributed by atoms with Gasteiger partial charge in [0, 0.05) is 28.8 Å². The van der Waals surface area contributed by atoms with Crippen molar-refractivity contribution in [2.24, 2.45) is 5.92 Å². The third-order valence-electron chi connectivity index (χ3n) is 8.36. The van der Waals surface area contributed by atoms with Gasteiger partial charge in [-0.25, -0.2) is 0 Å². The minimum absolute atomic E-state index is 0.360. The summed E-state index contributed by atoms with van der Waals surface area (Å²) < 4.78 is 0. The summed E-state index contributed by atoms with van der Waals surface area (Å²) in [5.41, 5.74) is 9.27. The second kappa shape index (κ2) is 10.4. The van der Waals surface area contributed by atoms with Gasteiger partial charge in [-0.3, -0.25) is 0 Å². The Bertz CT molecular complexity index is 1960. The molecule has 2 atom stereocenters. The zero-order valence-corrected chi connectivity index (χ0v) is 22.9. The van der Waals surface area contributed by atoms with Crippen LogP contribution in [0.15, 0.2) is 165 Å². The first-order chi connectivity index (χ1) is 20.2. The molecular formula is C40H31N. The van der Waals surface area contributed by atoms with Crippen molar-refractivity contribution in [3.63, 3.8) is 0 Å². The monoisotopic (exact) mass is 525 g/mol. The molecule has 0 saturated carbocycles. The van der Waals surface area contributed by atoms with Crippen LogP contribution in [0.1, 0.15) is 28.2 Å². The van der Waals surface area contributed by atoms with Gasteiger partial charge in [0.1, 0.15) is 0 Å². The maximum Gasteiger partial charge on any atom is 0.0457 e. The van der Waals surface area contributed by atoms with Crippen LogP contribution in [0.4, 0.5) is 5.69 Å². The van der Waals surface area contributed by atoms with E-state index in [1.807, 2.05) is 12.2 Å². The Morgan fingerprint density at radius 2 is 1.44 bits per heavy atom. The van der Waals surface area contributed by atoms with Gasteiger partial charge in [0.2, 0.25) is 0 Å². The first-order valence-electron chi connectivity index (χ1n) is 14.2. The smallest absolute Gasteiger partial charge is 0.0457 e. The molecule has 0 spiro atoms. The molecule has 0 amide bonds. The summed E-state index contributed by atoms with van der Waals surface area (Å²) in [5.74, 6) is 0.752. The molecule has 2 unspecified atom stereocenters. The summed E-state index contributed by atoms with van der Waals surface area (Å²) in [4.78, 5) is 0. The van der Waals surface area contributed by atoms with Crippen molar-refractivity contribution in [2.45, 2.75) is 5.92 Å². The van der Waals surface area contributed by atoms with E-state index in [0.29, 0.717) is 11.8 Å². The van der Waals surface area contributed by atoms with Gasteiger partial charge in [0.25, 0.3) is 0 Å². The van der Waals surface area contributed by atoms with E-state index in [-0.39, 0.29) is 0 Å². The van der Waals surface area contributed by atoms with E-state index >= 15 is 0 Å². The van der Waals surface area contributed by atoms with Crippen LogP contribution in [0.2, 0.25) is 0 Å². The molecule has 0 aliphatic heterocycles. The van der Waals surface area contributed by atoms with E-state index in [1.54, 1.807) is 0 Å². The number of fused-ring (bicyclic) bond motifs is 6. The molecule has 0 fully saturated rings. The number of benzene rings is 5. The Labute approximate surface area is 241 Å². The molecule has 0 aromatic heterocycles. The Morgan fingerprint density at radius 1 is 0.683 bits per heavy atom. The van der Waals surface area contributed by atoms with Gasteiger partial charge in [0.15, 0.2) is 0 Å². The highest BCUT2D eigenvalue weighted by Gasteiger charge is 2.27. The quantitative estimate of drug-likeness (QED) is 0.172. The van der Waals surface area contributed by atoms with Crippen molar-refractivity contribution >= 4 is 38.4 Å². The Kier molecular flexibility index (Phi) is 6.34. The number of anilines is 1. The largest absolute Gasteiger partial charge is 0.355 e. The highest BCUT2D eigenvalue weighted by molar-refractivity contribution is 6.13. The molecule has 5 aromatic rings. The van der Waals surface area contributed by atoms with Crippen molar-refractivity contribution in [3.8, 4) is 0 Å². The maximum atomic E-state index is 4.22. The predicted molar refractivity (Wildman–Crippen MR) is 177 cm³/mol. The highest BCUT2D eigenvalue weighted by atomic mass is 14.9. The van der Waals surface area contributed by atoms with E-state index in [0.717, 1.165) is 22.5 Å². The lowest BCUT2D eigenvalue weighted by Crippen LogP contribution is -2.16. The van der Waals surface area contributed by atoms with E-state index in [1.165, 1.54) is 43.8 Å². The van der Waals surface area contributed by atoms with Crippen LogP contribution in [0, 0.1) is 5.92 Å². The van der Waals surface area contributed by atoms with Crippen LogP contribution in [-0.4, -0.2) is 0 Å². The van der Waals surface area contributed by atoms with Crippen LogP contribution in [0.25, 0.3) is 32.7 Å². The first kappa shape index (κ1) is 24.9. The molecular weight excluding hydrogens is 494 g/mol. The number of hydrogen-bond acceptors (Lipinski definition) is 1. The van der Waals surface area contributed by atoms with E-state index in [2.05, 4.69) is 152 Å². The summed E-state index contributed by atoms with van der Waals surface area (Å²) in [7, 11) is 0. The molecule has 0 radical (unpaired) electrons. The van der Waals surface area contributed by atoms with Gasteiger partial charge in [-0.1, -0.05) is 135 Å². The molecule has 1 heteroatoms. The normalized spacial score (nSPS) is 17.8. The topological polar surface area (TPSA) is 12.0 Å². The molecule has 2 aliphatic rings. The van der Waals surface area contributed by atoms with Gasteiger partial charge in [-0.2, -0.15) is 0 Å². The summed E-state index contributed by atoms with van der Waals surface area (Å²) in [5, 5.41) is 8.58. The predicted octanol–water partition coefficient (Wildman–Crippen LogP) is 10.5. The number of allylic oxidation sites excluding steroid dienone is 8. The average Bonchev–Trinajstić information content (AvgIpc) is 3.04. The second-order valence-electron chi connectivity index (χ2n) is 10.7. The van der Waals surface area contributed by atoms with Crippen molar-refractivity contribution in [2.75, 3.05) is 5.32 Å². The molecule has 5 aromatic carbocycles. The van der Waals surface area contributed by atoms with E-state index in [9.17, 15) is 0 Å². The average molecular weight is 526 g/mol. The van der Waals surface area contributed by atoms with Gasteiger partial charge in [-0.15, -0.1) is 0 Å².